The second kappa shape index (κ2) is 5.04. The van der Waals surface area contributed by atoms with Crippen LogP contribution in [0.25, 0.3) is 0 Å². The number of hydrogen-bond donors (Lipinski definition) is 2. The predicted octanol–water partition coefficient (Wildman–Crippen LogP) is 2.52. The number of hydrogen-bond acceptors (Lipinski definition) is 4. The number of rotatable bonds is 6. The highest BCUT2D eigenvalue weighted by Gasteiger charge is 2.40. The van der Waals surface area contributed by atoms with Crippen LogP contribution in [0.1, 0.15) is 49.4 Å². The summed E-state index contributed by atoms with van der Waals surface area (Å²) in [7, 11) is 0. The Morgan fingerprint density at radius 2 is 2.29 bits per heavy atom. The maximum atomic E-state index is 9.49. The molecule has 0 bridgehead atoms. The molecule has 4 heteroatoms. The second-order valence-electron chi connectivity index (χ2n) is 5.52. The van der Waals surface area contributed by atoms with E-state index in [1.54, 1.807) is 11.3 Å². The van der Waals surface area contributed by atoms with Gasteiger partial charge in [-0.15, -0.1) is 11.3 Å². The highest BCUT2D eigenvalue weighted by atomic mass is 32.1. The summed E-state index contributed by atoms with van der Waals surface area (Å²) in [5, 5.41) is 14.2. The van der Waals surface area contributed by atoms with Crippen molar-refractivity contribution in [1.29, 1.82) is 0 Å². The zero-order valence-electron chi connectivity index (χ0n) is 10.9. The third-order valence-electron chi connectivity index (χ3n) is 3.54. The van der Waals surface area contributed by atoms with Crippen molar-refractivity contribution in [3.05, 3.63) is 16.1 Å². The van der Waals surface area contributed by atoms with E-state index < -0.39 is 0 Å². The number of nitrogens with one attached hydrogen (secondary N) is 1. The van der Waals surface area contributed by atoms with Gasteiger partial charge in [-0.1, -0.05) is 13.8 Å². The summed E-state index contributed by atoms with van der Waals surface area (Å²) in [5.41, 5.74) is -0.109. The Labute approximate surface area is 107 Å². The van der Waals surface area contributed by atoms with Gasteiger partial charge in [-0.2, -0.15) is 0 Å². The smallest absolute Gasteiger partial charge is 0.0953 e. The summed E-state index contributed by atoms with van der Waals surface area (Å²) in [6, 6.07) is 0. The van der Waals surface area contributed by atoms with Gasteiger partial charge in [0, 0.05) is 29.1 Å². The van der Waals surface area contributed by atoms with Crippen LogP contribution in [0.15, 0.2) is 6.20 Å². The van der Waals surface area contributed by atoms with Gasteiger partial charge in [-0.05, 0) is 25.7 Å². The Balaban J connectivity index is 1.92. The fraction of sp³-hybridized carbons (Fsp3) is 0.769. The minimum absolute atomic E-state index is 0.109. The van der Waals surface area contributed by atoms with Crippen LogP contribution in [0.5, 0.6) is 0 Å². The Morgan fingerprint density at radius 3 is 2.76 bits per heavy atom. The molecule has 1 aliphatic rings. The van der Waals surface area contributed by atoms with Crippen LogP contribution < -0.4 is 5.32 Å². The quantitative estimate of drug-likeness (QED) is 0.820. The topological polar surface area (TPSA) is 45.2 Å². The minimum atomic E-state index is -0.109. The van der Waals surface area contributed by atoms with E-state index >= 15 is 0 Å². The molecule has 96 valence electrons. The Kier molecular flexibility index (Phi) is 3.85. The molecule has 1 aromatic rings. The highest BCUT2D eigenvalue weighted by molar-refractivity contribution is 7.11. The van der Waals surface area contributed by atoms with Gasteiger partial charge in [0.05, 0.1) is 11.6 Å². The molecule has 17 heavy (non-hydrogen) atoms. The molecular formula is C13H22N2OS. The summed E-state index contributed by atoms with van der Waals surface area (Å²) in [5.74, 6) is 1.14. The van der Waals surface area contributed by atoms with E-state index in [2.05, 4.69) is 31.1 Å². The molecule has 2 N–H and O–H groups in total. The van der Waals surface area contributed by atoms with Crippen molar-refractivity contribution < 1.29 is 5.11 Å². The lowest BCUT2D eigenvalue weighted by atomic mass is 9.97. The predicted molar refractivity (Wildman–Crippen MR) is 71.3 cm³/mol. The average molecular weight is 254 g/mol. The largest absolute Gasteiger partial charge is 0.394 e. The summed E-state index contributed by atoms with van der Waals surface area (Å²) < 4.78 is 0. The molecule has 1 atom stereocenters. The van der Waals surface area contributed by atoms with Crippen LogP contribution >= 0.6 is 11.3 Å². The number of aromatic nitrogens is 1. The van der Waals surface area contributed by atoms with Crippen molar-refractivity contribution in [2.24, 2.45) is 5.92 Å². The van der Waals surface area contributed by atoms with Gasteiger partial charge < -0.3 is 10.4 Å². The van der Waals surface area contributed by atoms with Gasteiger partial charge in [0.1, 0.15) is 0 Å². The lowest BCUT2D eigenvalue weighted by Gasteiger charge is -2.28. The number of aliphatic hydroxyl groups excluding tert-OH is 1. The molecule has 1 heterocycles. The summed E-state index contributed by atoms with van der Waals surface area (Å²) in [6.07, 6.45) is 4.44. The highest BCUT2D eigenvalue weighted by Crippen LogP contribution is 2.39. The van der Waals surface area contributed by atoms with Gasteiger partial charge in [0.15, 0.2) is 0 Å². The lowest BCUT2D eigenvalue weighted by molar-refractivity contribution is 0.154. The van der Waals surface area contributed by atoms with Crippen molar-refractivity contribution in [3.63, 3.8) is 0 Å². The summed E-state index contributed by atoms with van der Waals surface area (Å²) in [6.45, 7) is 7.48. The maximum absolute atomic E-state index is 9.49. The van der Waals surface area contributed by atoms with Crippen molar-refractivity contribution in [2.45, 2.75) is 51.6 Å². The van der Waals surface area contributed by atoms with E-state index in [0.29, 0.717) is 11.8 Å². The maximum Gasteiger partial charge on any atom is 0.0953 e. The van der Waals surface area contributed by atoms with E-state index in [1.807, 2.05) is 6.20 Å². The molecule has 3 nitrogen and oxygen atoms in total. The molecule has 0 saturated heterocycles. The minimum Gasteiger partial charge on any atom is -0.394 e. The van der Waals surface area contributed by atoms with Gasteiger partial charge in [0.2, 0.25) is 0 Å². The molecule has 1 aromatic heterocycles. The van der Waals surface area contributed by atoms with E-state index in [1.165, 1.54) is 22.7 Å². The van der Waals surface area contributed by atoms with Crippen molar-refractivity contribution in [1.82, 2.24) is 10.3 Å². The molecule has 1 unspecified atom stereocenters. The van der Waals surface area contributed by atoms with E-state index in [4.69, 9.17) is 0 Å². The molecular weight excluding hydrogens is 232 g/mol. The Hall–Kier alpha value is -0.450. The Bertz CT molecular complexity index is 373. The number of aliphatic hydroxyl groups is 1. The standard InChI is InChI=1S/C13H22N2OS/c1-9(2)12-14-6-11(17-12)7-15-13(3,8-16)10-4-5-10/h6,9-10,15-16H,4-5,7-8H2,1-3H3. The molecule has 0 aliphatic heterocycles. The van der Waals surface area contributed by atoms with Crippen molar-refractivity contribution >= 4 is 11.3 Å². The fourth-order valence-electron chi connectivity index (χ4n) is 2.01. The average Bonchev–Trinajstić information content (AvgIpc) is 3.05. The van der Waals surface area contributed by atoms with E-state index in [0.717, 1.165) is 6.54 Å². The molecule has 1 aliphatic carbocycles. The third-order valence-corrected chi connectivity index (χ3v) is 4.84. The SMILES string of the molecule is CC(C)c1ncc(CNC(C)(CO)C2CC2)s1. The van der Waals surface area contributed by atoms with Gasteiger partial charge >= 0.3 is 0 Å². The molecule has 0 aromatic carbocycles. The van der Waals surface area contributed by atoms with Crippen LogP contribution in [0, 0.1) is 5.92 Å². The van der Waals surface area contributed by atoms with E-state index in [9.17, 15) is 5.11 Å². The summed E-state index contributed by atoms with van der Waals surface area (Å²) >= 11 is 1.77. The first-order chi connectivity index (χ1) is 8.05. The first-order valence-electron chi connectivity index (χ1n) is 6.35. The zero-order valence-corrected chi connectivity index (χ0v) is 11.7. The molecule has 0 amide bonds. The van der Waals surface area contributed by atoms with Gasteiger partial charge in [-0.25, -0.2) is 4.98 Å². The molecule has 0 spiro atoms. The van der Waals surface area contributed by atoms with E-state index in [-0.39, 0.29) is 12.1 Å². The molecule has 0 radical (unpaired) electrons. The first-order valence-corrected chi connectivity index (χ1v) is 7.17. The summed E-state index contributed by atoms with van der Waals surface area (Å²) in [4.78, 5) is 5.68. The van der Waals surface area contributed by atoms with Gasteiger partial charge in [0.25, 0.3) is 0 Å². The van der Waals surface area contributed by atoms with Crippen LogP contribution in [0.3, 0.4) is 0 Å². The second-order valence-corrected chi connectivity index (χ2v) is 6.67. The molecule has 2 rings (SSSR count). The lowest BCUT2D eigenvalue weighted by Crippen LogP contribution is -2.47. The van der Waals surface area contributed by atoms with Crippen LogP contribution in [0.4, 0.5) is 0 Å². The van der Waals surface area contributed by atoms with Crippen LogP contribution in [-0.2, 0) is 6.54 Å². The third kappa shape index (κ3) is 3.06. The number of nitrogens with zero attached hydrogens (tertiary/aromatic N) is 1. The first kappa shape index (κ1) is 13.0. The van der Waals surface area contributed by atoms with Crippen molar-refractivity contribution in [3.8, 4) is 0 Å². The number of thiazole rings is 1. The van der Waals surface area contributed by atoms with Crippen LogP contribution in [-0.4, -0.2) is 22.2 Å². The van der Waals surface area contributed by atoms with Crippen LogP contribution in [0.2, 0.25) is 0 Å². The van der Waals surface area contributed by atoms with Crippen molar-refractivity contribution in [2.75, 3.05) is 6.61 Å². The fourth-order valence-corrected chi connectivity index (χ4v) is 2.87. The Morgan fingerprint density at radius 1 is 1.59 bits per heavy atom. The van der Waals surface area contributed by atoms with Gasteiger partial charge in [-0.3, -0.25) is 0 Å². The molecule has 1 saturated carbocycles. The normalized spacial score (nSPS) is 19.6. The monoisotopic (exact) mass is 254 g/mol. The molecule has 1 fully saturated rings. The zero-order chi connectivity index (χ0) is 12.5.